The van der Waals surface area contributed by atoms with Gasteiger partial charge in [-0.3, -0.25) is 9.78 Å². The molecular formula is C20H19FN2O2. The third kappa shape index (κ3) is 3.45. The van der Waals surface area contributed by atoms with E-state index in [1.807, 2.05) is 38.1 Å². The lowest BCUT2D eigenvalue weighted by Gasteiger charge is -2.13. The van der Waals surface area contributed by atoms with Gasteiger partial charge in [-0.05, 0) is 43.2 Å². The van der Waals surface area contributed by atoms with E-state index in [2.05, 4.69) is 10.3 Å². The first kappa shape index (κ1) is 16.9. The number of benzene rings is 2. The van der Waals surface area contributed by atoms with E-state index in [9.17, 15) is 9.18 Å². The molecule has 25 heavy (non-hydrogen) atoms. The number of aryl methyl sites for hydroxylation is 2. The van der Waals surface area contributed by atoms with Gasteiger partial charge in [0, 0.05) is 22.8 Å². The molecular weight excluding hydrogens is 319 g/mol. The minimum Gasteiger partial charge on any atom is -0.494 e. The molecule has 2 aromatic carbocycles. The SMILES string of the molecule is COc1ccc(NC(=O)Cc2c(C)nc3ccccc3c2C)cc1F. The number of carbonyl (C=O) groups is 1. The van der Waals surface area contributed by atoms with Crippen LogP contribution in [0.1, 0.15) is 16.8 Å². The summed E-state index contributed by atoms with van der Waals surface area (Å²) in [6, 6.07) is 12.2. The lowest BCUT2D eigenvalue weighted by molar-refractivity contribution is -0.115. The highest BCUT2D eigenvalue weighted by atomic mass is 19.1. The van der Waals surface area contributed by atoms with Gasteiger partial charge in [0.2, 0.25) is 5.91 Å². The van der Waals surface area contributed by atoms with Crippen LogP contribution in [0.25, 0.3) is 10.9 Å². The average Bonchev–Trinajstić information content (AvgIpc) is 2.59. The van der Waals surface area contributed by atoms with E-state index < -0.39 is 5.82 Å². The Bertz CT molecular complexity index is 954. The second-order valence-electron chi connectivity index (χ2n) is 5.89. The summed E-state index contributed by atoms with van der Waals surface area (Å²) in [6.45, 7) is 3.89. The zero-order valence-electron chi connectivity index (χ0n) is 14.4. The highest BCUT2D eigenvalue weighted by Crippen LogP contribution is 2.24. The lowest BCUT2D eigenvalue weighted by atomic mass is 9.99. The number of carbonyl (C=O) groups excluding carboxylic acids is 1. The Hall–Kier alpha value is -2.95. The van der Waals surface area contributed by atoms with E-state index in [1.54, 1.807) is 6.07 Å². The number of anilines is 1. The molecule has 3 aromatic rings. The quantitative estimate of drug-likeness (QED) is 0.776. The van der Waals surface area contributed by atoms with Crippen LogP contribution >= 0.6 is 0 Å². The van der Waals surface area contributed by atoms with Gasteiger partial charge in [0.05, 0.1) is 19.0 Å². The van der Waals surface area contributed by atoms with Gasteiger partial charge < -0.3 is 10.1 Å². The van der Waals surface area contributed by atoms with Crippen molar-refractivity contribution in [2.75, 3.05) is 12.4 Å². The van der Waals surface area contributed by atoms with Crippen LogP contribution in [-0.2, 0) is 11.2 Å². The number of amides is 1. The van der Waals surface area contributed by atoms with Gasteiger partial charge in [-0.2, -0.15) is 0 Å². The van der Waals surface area contributed by atoms with Crippen molar-refractivity contribution in [3.8, 4) is 5.75 Å². The molecule has 1 N–H and O–H groups in total. The number of para-hydroxylation sites is 1. The van der Waals surface area contributed by atoms with Crippen LogP contribution in [0.4, 0.5) is 10.1 Å². The Kier molecular flexibility index (Phi) is 4.65. The van der Waals surface area contributed by atoms with Crippen molar-refractivity contribution in [1.82, 2.24) is 4.98 Å². The summed E-state index contributed by atoms with van der Waals surface area (Å²) in [5.41, 5.74) is 4.07. The topological polar surface area (TPSA) is 51.2 Å². The second-order valence-corrected chi connectivity index (χ2v) is 5.89. The summed E-state index contributed by atoms with van der Waals surface area (Å²) in [7, 11) is 1.40. The molecule has 0 spiro atoms. The van der Waals surface area contributed by atoms with E-state index in [1.165, 1.54) is 19.2 Å². The monoisotopic (exact) mass is 338 g/mol. The van der Waals surface area contributed by atoms with Gasteiger partial charge >= 0.3 is 0 Å². The van der Waals surface area contributed by atoms with Crippen molar-refractivity contribution in [2.45, 2.75) is 20.3 Å². The van der Waals surface area contributed by atoms with E-state index in [4.69, 9.17) is 4.74 Å². The van der Waals surface area contributed by atoms with Gasteiger partial charge in [0.15, 0.2) is 11.6 Å². The molecule has 0 saturated carbocycles. The van der Waals surface area contributed by atoms with Crippen molar-refractivity contribution in [1.29, 1.82) is 0 Å². The molecule has 0 atom stereocenters. The maximum absolute atomic E-state index is 13.7. The van der Waals surface area contributed by atoms with Crippen LogP contribution in [0.3, 0.4) is 0 Å². The van der Waals surface area contributed by atoms with Gasteiger partial charge in [0.25, 0.3) is 0 Å². The molecule has 3 rings (SSSR count). The standard InChI is InChI=1S/C20H19FN2O2/c1-12-15-6-4-5-7-18(15)22-13(2)16(12)11-20(24)23-14-8-9-19(25-3)17(21)10-14/h4-10H,11H2,1-3H3,(H,23,24). The van der Waals surface area contributed by atoms with Gasteiger partial charge in [-0.1, -0.05) is 18.2 Å². The molecule has 1 aromatic heterocycles. The number of pyridine rings is 1. The van der Waals surface area contributed by atoms with E-state index in [-0.39, 0.29) is 18.1 Å². The van der Waals surface area contributed by atoms with Crippen LogP contribution in [0, 0.1) is 19.7 Å². The fourth-order valence-electron chi connectivity index (χ4n) is 2.94. The van der Waals surface area contributed by atoms with Crippen molar-refractivity contribution < 1.29 is 13.9 Å². The molecule has 1 amide bonds. The molecule has 0 radical (unpaired) electrons. The highest BCUT2D eigenvalue weighted by Gasteiger charge is 2.14. The summed E-state index contributed by atoms with van der Waals surface area (Å²) in [6.07, 6.45) is 0.184. The highest BCUT2D eigenvalue weighted by molar-refractivity contribution is 5.94. The number of hydrogen-bond donors (Lipinski definition) is 1. The molecule has 4 nitrogen and oxygen atoms in total. The minimum absolute atomic E-state index is 0.142. The fourth-order valence-corrected chi connectivity index (χ4v) is 2.94. The number of ether oxygens (including phenoxy) is 1. The Morgan fingerprint density at radius 2 is 1.96 bits per heavy atom. The average molecular weight is 338 g/mol. The number of aromatic nitrogens is 1. The lowest BCUT2D eigenvalue weighted by Crippen LogP contribution is -2.16. The largest absolute Gasteiger partial charge is 0.494 e. The fraction of sp³-hybridized carbons (Fsp3) is 0.200. The molecule has 0 fully saturated rings. The molecule has 0 saturated heterocycles. The van der Waals surface area contributed by atoms with Crippen LogP contribution in [-0.4, -0.2) is 18.0 Å². The number of hydrogen-bond acceptors (Lipinski definition) is 3. The van der Waals surface area contributed by atoms with Crippen LogP contribution in [0.5, 0.6) is 5.75 Å². The van der Waals surface area contributed by atoms with Gasteiger partial charge in [-0.15, -0.1) is 0 Å². The molecule has 128 valence electrons. The number of rotatable bonds is 4. The van der Waals surface area contributed by atoms with Crippen molar-refractivity contribution in [2.24, 2.45) is 0 Å². The first-order valence-electron chi connectivity index (χ1n) is 7.98. The number of fused-ring (bicyclic) bond motifs is 1. The molecule has 0 bridgehead atoms. The molecule has 0 aliphatic carbocycles. The number of nitrogens with zero attached hydrogens (tertiary/aromatic N) is 1. The second kappa shape index (κ2) is 6.89. The molecule has 1 heterocycles. The molecule has 0 aliphatic heterocycles. The summed E-state index contributed by atoms with van der Waals surface area (Å²) in [5, 5.41) is 3.76. The Morgan fingerprint density at radius 3 is 2.68 bits per heavy atom. The van der Waals surface area contributed by atoms with Crippen LogP contribution in [0.2, 0.25) is 0 Å². The third-order valence-corrected chi connectivity index (χ3v) is 4.26. The summed E-state index contributed by atoms with van der Waals surface area (Å²) < 4.78 is 18.6. The van der Waals surface area contributed by atoms with E-state index in [0.717, 1.165) is 27.7 Å². The zero-order chi connectivity index (χ0) is 18.0. The summed E-state index contributed by atoms with van der Waals surface area (Å²) in [4.78, 5) is 17.0. The first-order chi connectivity index (χ1) is 12.0. The maximum atomic E-state index is 13.7. The van der Waals surface area contributed by atoms with E-state index >= 15 is 0 Å². The van der Waals surface area contributed by atoms with Crippen molar-refractivity contribution in [3.63, 3.8) is 0 Å². The number of methoxy groups -OCH3 is 1. The summed E-state index contributed by atoms with van der Waals surface area (Å²) in [5.74, 6) is -0.587. The Labute approximate surface area is 145 Å². The first-order valence-corrected chi connectivity index (χ1v) is 7.98. The molecule has 0 aliphatic rings. The number of nitrogens with one attached hydrogen (secondary N) is 1. The predicted molar refractivity (Wildman–Crippen MR) is 96.5 cm³/mol. The minimum atomic E-state index is -0.514. The molecule has 0 unspecified atom stereocenters. The Morgan fingerprint density at radius 1 is 1.20 bits per heavy atom. The van der Waals surface area contributed by atoms with Crippen LogP contribution in [0.15, 0.2) is 42.5 Å². The van der Waals surface area contributed by atoms with Crippen molar-refractivity contribution >= 4 is 22.5 Å². The zero-order valence-corrected chi connectivity index (χ0v) is 14.4. The maximum Gasteiger partial charge on any atom is 0.228 e. The van der Waals surface area contributed by atoms with Gasteiger partial charge in [-0.25, -0.2) is 4.39 Å². The molecule has 5 heteroatoms. The van der Waals surface area contributed by atoms with Crippen LogP contribution < -0.4 is 10.1 Å². The van der Waals surface area contributed by atoms with E-state index in [0.29, 0.717) is 5.69 Å². The summed E-state index contributed by atoms with van der Waals surface area (Å²) >= 11 is 0. The van der Waals surface area contributed by atoms with Crippen molar-refractivity contribution in [3.05, 3.63) is 65.1 Å². The normalized spacial score (nSPS) is 10.7. The third-order valence-electron chi connectivity index (χ3n) is 4.26. The van der Waals surface area contributed by atoms with Gasteiger partial charge in [0.1, 0.15) is 0 Å². The number of halogens is 1. The Balaban J connectivity index is 1.83. The smallest absolute Gasteiger partial charge is 0.228 e. The predicted octanol–water partition coefficient (Wildman–Crippen LogP) is 4.18.